The normalized spacial score (nSPS) is 14.9. The molecule has 3 aromatic carbocycles. The van der Waals surface area contributed by atoms with Gasteiger partial charge in [-0.3, -0.25) is 20.0 Å². The average molecular weight is 614 g/mol. The van der Waals surface area contributed by atoms with Crippen molar-refractivity contribution in [1.29, 1.82) is 0 Å². The zero-order valence-corrected chi connectivity index (χ0v) is 21.9. The summed E-state index contributed by atoms with van der Waals surface area (Å²) in [5, 5.41) is 4.93. The van der Waals surface area contributed by atoms with Gasteiger partial charge in [-0.1, -0.05) is 63.9 Å². The molecule has 2 heterocycles. The van der Waals surface area contributed by atoms with Crippen LogP contribution in [-0.4, -0.2) is 35.0 Å². The molecule has 0 radical (unpaired) electrons. The van der Waals surface area contributed by atoms with Gasteiger partial charge in [-0.2, -0.15) is 0 Å². The topological polar surface area (TPSA) is 86.2 Å². The number of carbonyl (C=O) groups excluding carboxylic acids is 2. The van der Waals surface area contributed by atoms with E-state index >= 15 is 0 Å². The average Bonchev–Trinajstić information content (AvgIpc) is 2.85. The Morgan fingerprint density at radius 1 is 1.09 bits per heavy atom. The predicted octanol–water partition coefficient (Wildman–Crippen LogP) is 5.47. The Hall–Kier alpha value is -3.27. The van der Waals surface area contributed by atoms with Crippen LogP contribution in [0.15, 0.2) is 91.4 Å². The van der Waals surface area contributed by atoms with Crippen LogP contribution in [0, 0.1) is 0 Å². The van der Waals surface area contributed by atoms with Gasteiger partial charge >= 0.3 is 0 Å². The maximum atomic E-state index is 13.2. The van der Waals surface area contributed by atoms with E-state index in [0.29, 0.717) is 33.4 Å². The highest BCUT2D eigenvalue weighted by Gasteiger charge is 2.34. The van der Waals surface area contributed by atoms with Crippen LogP contribution in [0.25, 0.3) is 6.08 Å². The predicted molar refractivity (Wildman–Crippen MR) is 144 cm³/mol. The molecule has 2 amide bonds. The van der Waals surface area contributed by atoms with E-state index < -0.39 is 0 Å². The number of hydrogen-bond donors (Lipinski definition) is 2. The first-order valence-corrected chi connectivity index (χ1v) is 12.4. The molecule has 0 unspecified atom stereocenters. The third kappa shape index (κ3) is 4.80. The summed E-state index contributed by atoms with van der Waals surface area (Å²) in [4.78, 5) is 34.8. The van der Waals surface area contributed by atoms with Crippen LogP contribution < -0.4 is 10.7 Å². The maximum Gasteiger partial charge on any atom is 0.260 e. The lowest BCUT2D eigenvalue weighted by Crippen LogP contribution is -2.56. The van der Waals surface area contributed by atoms with Crippen LogP contribution >= 0.6 is 43.5 Å². The van der Waals surface area contributed by atoms with Gasteiger partial charge in [-0.25, -0.2) is 10.0 Å². The van der Waals surface area contributed by atoms with E-state index in [-0.39, 0.29) is 24.2 Å². The number of nitrogens with one attached hydrogen (secondary N) is 2. The zero-order valence-electron chi connectivity index (χ0n) is 17.9. The first-order valence-electron chi connectivity index (χ1n) is 10.5. The molecule has 0 aromatic heterocycles. The summed E-state index contributed by atoms with van der Waals surface area (Å²) < 4.78 is 1.55. The number of amides is 2. The van der Waals surface area contributed by atoms with Crippen LogP contribution in [0.1, 0.15) is 21.5 Å². The Balaban J connectivity index is 1.69. The molecule has 2 aliphatic rings. The van der Waals surface area contributed by atoms with E-state index in [9.17, 15) is 9.59 Å². The molecule has 5 rings (SSSR count). The van der Waals surface area contributed by atoms with Crippen molar-refractivity contribution in [2.24, 2.45) is 9.98 Å². The second kappa shape index (κ2) is 9.77. The molecule has 0 bridgehead atoms. The minimum Gasteiger partial charge on any atom is -0.319 e. The molecule has 2 N–H and O–H groups in total. The molecule has 0 atom stereocenters. The molecule has 0 spiro atoms. The van der Waals surface area contributed by atoms with E-state index in [1.165, 1.54) is 5.01 Å². The monoisotopic (exact) mass is 611 g/mol. The van der Waals surface area contributed by atoms with Crippen LogP contribution in [0.4, 0.5) is 5.69 Å². The molecule has 0 fully saturated rings. The molecule has 2 aliphatic heterocycles. The third-order valence-corrected chi connectivity index (χ3v) is 6.66. The number of carbonyl (C=O) groups is 2. The van der Waals surface area contributed by atoms with Crippen LogP contribution in [0.5, 0.6) is 0 Å². The fourth-order valence-corrected chi connectivity index (χ4v) is 5.17. The van der Waals surface area contributed by atoms with Crippen molar-refractivity contribution in [3.8, 4) is 0 Å². The number of hydrazine groups is 1. The highest BCUT2D eigenvalue weighted by atomic mass is 79.9. The number of nitrogens with zero attached hydrogens (tertiary/aromatic N) is 3. The van der Waals surface area contributed by atoms with Crippen molar-refractivity contribution in [3.05, 3.63) is 103 Å². The van der Waals surface area contributed by atoms with Crippen LogP contribution in [-0.2, 0) is 4.79 Å². The molecule has 0 saturated carbocycles. The first-order chi connectivity index (χ1) is 16.9. The van der Waals surface area contributed by atoms with Gasteiger partial charge in [0.05, 0.1) is 11.4 Å². The number of halogens is 3. The fourth-order valence-electron chi connectivity index (χ4n) is 3.66. The van der Waals surface area contributed by atoms with Crippen LogP contribution in [0.2, 0.25) is 5.02 Å². The van der Waals surface area contributed by atoms with Crippen molar-refractivity contribution in [3.63, 3.8) is 0 Å². The lowest BCUT2D eigenvalue weighted by atomic mass is 10.1. The van der Waals surface area contributed by atoms with Gasteiger partial charge in [0.15, 0.2) is 11.7 Å². The Morgan fingerprint density at radius 2 is 1.83 bits per heavy atom. The number of rotatable bonds is 4. The molecule has 10 heteroatoms. The number of aliphatic imine (C=N–C) groups is 2. The summed E-state index contributed by atoms with van der Waals surface area (Å²) in [6, 6.07) is 19.8. The standard InChI is InChI=1S/C25H16Br2ClN5O2/c26-16-11-17-22(18(27)12-16)31-24(33-23(17)29-13-21(34)32-33)20(10-15-8-4-5-9-19(15)28)30-25(35)14-6-2-1-3-7-14/h1-12H,13H2,(H,30,35)(H,32,34)/b20-10-. The zero-order chi connectivity index (χ0) is 24.5. The second-order valence-corrected chi connectivity index (χ2v) is 9.81. The Morgan fingerprint density at radius 3 is 2.60 bits per heavy atom. The van der Waals surface area contributed by atoms with E-state index in [2.05, 4.69) is 47.6 Å². The largest absolute Gasteiger partial charge is 0.319 e. The van der Waals surface area contributed by atoms with Gasteiger partial charge in [0, 0.05) is 25.1 Å². The quantitative estimate of drug-likeness (QED) is 0.409. The summed E-state index contributed by atoms with van der Waals surface area (Å²) in [6.45, 7) is -0.0252. The van der Waals surface area contributed by atoms with Gasteiger partial charge in [0.2, 0.25) is 0 Å². The Kier molecular flexibility index (Phi) is 6.55. The number of fused-ring (bicyclic) bond motifs is 3. The number of amidine groups is 2. The minimum absolute atomic E-state index is 0.0252. The van der Waals surface area contributed by atoms with Crippen molar-refractivity contribution < 1.29 is 9.59 Å². The summed E-state index contributed by atoms with van der Waals surface area (Å²) in [7, 11) is 0. The molecule has 174 valence electrons. The lowest BCUT2D eigenvalue weighted by molar-refractivity contribution is -0.122. The van der Waals surface area contributed by atoms with Gasteiger partial charge < -0.3 is 5.32 Å². The number of benzene rings is 3. The molecule has 35 heavy (non-hydrogen) atoms. The van der Waals surface area contributed by atoms with Crippen molar-refractivity contribution in [2.45, 2.75) is 0 Å². The minimum atomic E-state index is -0.339. The van der Waals surface area contributed by atoms with Crippen molar-refractivity contribution in [2.75, 3.05) is 6.54 Å². The molecular weight excluding hydrogens is 598 g/mol. The highest BCUT2D eigenvalue weighted by Crippen LogP contribution is 2.38. The van der Waals surface area contributed by atoms with E-state index in [0.717, 1.165) is 14.5 Å². The van der Waals surface area contributed by atoms with Crippen LogP contribution in [0.3, 0.4) is 0 Å². The summed E-state index contributed by atoms with van der Waals surface area (Å²) >= 11 is 13.5. The fraction of sp³-hybridized carbons (Fsp3) is 0.0400. The van der Waals surface area contributed by atoms with E-state index in [1.54, 1.807) is 36.4 Å². The maximum absolute atomic E-state index is 13.2. The van der Waals surface area contributed by atoms with Gasteiger partial charge in [0.1, 0.15) is 6.54 Å². The SMILES string of the molecule is O=C1CN=C2c3cc(Br)cc(Br)c3N=C(/C(=C/c3ccccc3Cl)NC(=O)c3ccccc3)N2N1. The van der Waals surface area contributed by atoms with Gasteiger partial charge in [0.25, 0.3) is 11.8 Å². The van der Waals surface area contributed by atoms with Crippen molar-refractivity contribution >= 4 is 78.7 Å². The molecule has 3 aromatic rings. The second-order valence-electron chi connectivity index (χ2n) is 7.63. The molecule has 0 aliphatic carbocycles. The number of hydrogen-bond acceptors (Lipinski definition) is 5. The smallest absolute Gasteiger partial charge is 0.260 e. The third-order valence-electron chi connectivity index (χ3n) is 5.25. The Bertz CT molecular complexity index is 1450. The summed E-state index contributed by atoms with van der Waals surface area (Å²) in [5.41, 5.74) is 5.63. The van der Waals surface area contributed by atoms with E-state index in [4.69, 9.17) is 16.6 Å². The molecular formula is C25H16Br2ClN5O2. The van der Waals surface area contributed by atoms with Gasteiger partial charge in [-0.05, 0) is 57.9 Å². The van der Waals surface area contributed by atoms with Crippen molar-refractivity contribution in [1.82, 2.24) is 15.8 Å². The lowest BCUT2D eigenvalue weighted by Gasteiger charge is -2.35. The highest BCUT2D eigenvalue weighted by molar-refractivity contribution is 9.11. The van der Waals surface area contributed by atoms with Gasteiger partial charge in [-0.15, -0.1) is 0 Å². The summed E-state index contributed by atoms with van der Waals surface area (Å²) in [5.74, 6) is 0.154. The first kappa shape index (κ1) is 23.5. The molecule has 0 saturated heterocycles. The Labute approximate surface area is 222 Å². The van der Waals surface area contributed by atoms with E-state index in [1.807, 2.05) is 36.4 Å². The summed E-state index contributed by atoms with van der Waals surface area (Å²) in [6.07, 6.45) is 1.72. The molecule has 7 nitrogen and oxygen atoms in total.